The highest BCUT2D eigenvalue weighted by atomic mass is 79.9. The van der Waals surface area contributed by atoms with Crippen LogP contribution < -0.4 is 20.9 Å². The molecule has 7 heteroatoms. The monoisotopic (exact) mass is 387 g/mol. The fourth-order valence-electron chi connectivity index (χ4n) is 1.54. The maximum Gasteiger partial charge on any atom is 0.238 e. The topological polar surface area (TPSA) is 62.4 Å². The molecule has 5 nitrogen and oxygen atoms in total. The molecule has 0 aliphatic rings. The number of carbonyl (C=O) groups is 1. The van der Waals surface area contributed by atoms with E-state index in [1.165, 1.54) is 0 Å². The van der Waals surface area contributed by atoms with E-state index in [1.807, 2.05) is 45.0 Å². The van der Waals surface area contributed by atoms with Crippen molar-refractivity contribution in [1.29, 1.82) is 0 Å². The van der Waals surface area contributed by atoms with Crippen molar-refractivity contribution in [1.82, 2.24) is 16.2 Å². The maximum atomic E-state index is 11.7. The first-order valence-electron chi connectivity index (χ1n) is 7.01. The normalized spacial score (nSPS) is 10.7. The van der Waals surface area contributed by atoms with Gasteiger partial charge in [-0.2, -0.15) is 0 Å². The Balaban J connectivity index is 2.15. The summed E-state index contributed by atoms with van der Waals surface area (Å²) in [6.45, 7) is 6.45. The third-order valence-corrected chi connectivity index (χ3v) is 3.11. The largest absolute Gasteiger partial charge is 0.494 e. The average molecular weight is 388 g/mol. The van der Waals surface area contributed by atoms with Crippen LogP contribution in [0.2, 0.25) is 0 Å². The predicted molar refractivity (Wildman–Crippen MR) is 95.6 cm³/mol. The van der Waals surface area contributed by atoms with Crippen molar-refractivity contribution in [2.75, 3.05) is 6.61 Å². The van der Waals surface area contributed by atoms with E-state index in [-0.39, 0.29) is 11.4 Å². The second-order valence-corrected chi connectivity index (χ2v) is 7.11. The van der Waals surface area contributed by atoms with Crippen molar-refractivity contribution in [2.45, 2.75) is 39.2 Å². The van der Waals surface area contributed by atoms with Gasteiger partial charge in [-0.05, 0) is 57.6 Å². The lowest BCUT2D eigenvalue weighted by Gasteiger charge is -2.23. The Bertz CT molecular complexity index is 518. The highest BCUT2D eigenvalue weighted by Gasteiger charge is 2.11. The van der Waals surface area contributed by atoms with Gasteiger partial charge in [0.1, 0.15) is 5.75 Å². The van der Waals surface area contributed by atoms with Crippen LogP contribution in [0.3, 0.4) is 0 Å². The van der Waals surface area contributed by atoms with Gasteiger partial charge in [-0.3, -0.25) is 15.6 Å². The molecule has 0 spiro atoms. The van der Waals surface area contributed by atoms with E-state index in [1.54, 1.807) is 0 Å². The highest BCUT2D eigenvalue weighted by molar-refractivity contribution is 9.10. The molecule has 1 amide bonds. The second kappa shape index (κ2) is 8.95. The van der Waals surface area contributed by atoms with E-state index < -0.39 is 0 Å². The van der Waals surface area contributed by atoms with E-state index >= 15 is 0 Å². The van der Waals surface area contributed by atoms with Crippen molar-refractivity contribution in [3.8, 4) is 5.75 Å². The Labute approximate surface area is 145 Å². The van der Waals surface area contributed by atoms with Gasteiger partial charge in [0.05, 0.1) is 6.61 Å². The number of benzene rings is 1. The van der Waals surface area contributed by atoms with E-state index in [0.717, 1.165) is 10.2 Å². The van der Waals surface area contributed by atoms with Crippen LogP contribution in [0, 0.1) is 0 Å². The van der Waals surface area contributed by atoms with Crippen molar-refractivity contribution in [2.24, 2.45) is 0 Å². The number of hydrogen-bond acceptors (Lipinski definition) is 3. The molecule has 0 aliphatic heterocycles. The molecule has 0 atom stereocenters. The molecular formula is C15H22BrN3O2S. The lowest BCUT2D eigenvalue weighted by molar-refractivity contribution is -0.121. The number of halogens is 1. The van der Waals surface area contributed by atoms with E-state index in [4.69, 9.17) is 17.0 Å². The third-order valence-electron chi connectivity index (χ3n) is 2.42. The molecule has 122 valence electrons. The van der Waals surface area contributed by atoms with Crippen LogP contribution in [-0.2, 0) is 4.79 Å². The zero-order chi connectivity index (χ0) is 16.6. The van der Waals surface area contributed by atoms with Crippen molar-refractivity contribution in [3.05, 3.63) is 28.7 Å². The summed E-state index contributed by atoms with van der Waals surface area (Å²) in [5.41, 5.74) is 5.09. The molecule has 0 unspecified atom stereocenters. The van der Waals surface area contributed by atoms with Gasteiger partial charge in [0, 0.05) is 16.4 Å². The predicted octanol–water partition coefficient (Wildman–Crippen LogP) is 2.90. The Morgan fingerprint density at radius 2 is 2.05 bits per heavy atom. The fraction of sp³-hybridized carbons (Fsp3) is 0.467. The van der Waals surface area contributed by atoms with Gasteiger partial charge in [-0.25, -0.2) is 0 Å². The Morgan fingerprint density at radius 3 is 2.68 bits per heavy atom. The molecular weight excluding hydrogens is 366 g/mol. The fourth-order valence-corrected chi connectivity index (χ4v) is 2.28. The number of carbonyl (C=O) groups excluding carboxylic acids is 1. The summed E-state index contributed by atoms with van der Waals surface area (Å²) >= 11 is 8.44. The molecule has 0 heterocycles. The second-order valence-electron chi connectivity index (χ2n) is 5.79. The summed E-state index contributed by atoms with van der Waals surface area (Å²) in [6, 6.07) is 7.60. The third kappa shape index (κ3) is 8.84. The summed E-state index contributed by atoms with van der Waals surface area (Å²) in [5.74, 6) is 0.652. The molecule has 0 bridgehead atoms. The molecule has 0 radical (unpaired) electrons. The first-order chi connectivity index (χ1) is 10.3. The van der Waals surface area contributed by atoms with Crippen molar-refractivity contribution >= 4 is 39.2 Å². The van der Waals surface area contributed by atoms with Gasteiger partial charge in [0.2, 0.25) is 5.91 Å². The number of rotatable bonds is 5. The zero-order valence-electron chi connectivity index (χ0n) is 13.0. The highest BCUT2D eigenvalue weighted by Crippen LogP contribution is 2.17. The number of hydrazine groups is 1. The minimum absolute atomic E-state index is 0.129. The van der Waals surface area contributed by atoms with Crippen LogP contribution in [-0.4, -0.2) is 23.2 Å². The molecule has 3 N–H and O–H groups in total. The van der Waals surface area contributed by atoms with Crippen LogP contribution in [0.4, 0.5) is 0 Å². The van der Waals surface area contributed by atoms with Gasteiger partial charge in [0.25, 0.3) is 0 Å². The first-order valence-corrected chi connectivity index (χ1v) is 8.22. The number of amides is 1. The molecule has 0 saturated carbocycles. The van der Waals surface area contributed by atoms with Crippen molar-refractivity contribution in [3.63, 3.8) is 0 Å². The van der Waals surface area contributed by atoms with Gasteiger partial charge in [-0.1, -0.05) is 22.0 Å². The maximum absolute atomic E-state index is 11.7. The molecule has 1 aromatic carbocycles. The molecule has 1 aromatic rings. The SMILES string of the molecule is CC(C)(C)NC(=S)NNC(=O)CCCOc1cccc(Br)c1. The quantitative estimate of drug-likeness (QED) is 0.411. The molecule has 1 rings (SSSR count). The Morgan fingerprint density at radius 1 is 1.32 bits per heavy atom. The molecule has 0 aliphatic carbocycles. The minimum Gasteiger partial charge on any atom is -0.494 e. The lowest BCUT2D eigenvalue weighted by atomic mass is 10.1. The summed E-state index contributed by atoms with van der Waals surface area (Å²) < 4.78 is 6.52. The summed E-state index contributed by atoms with van der Waals surface area (Å²) in [4.78, 5) is 11.7. The number of ether oxygens (including phenoxy) is 1. The standard InChI is InChI=1S/C15H22BrN3O2S/c1-15(2,3)17-14(22)19-18-13(20)8-5-9-21-12-7-4-6-11(16)10-12/h4,6-7,10H,5,8-9H2,1-3H3,(H,18,20)(H2,17,19,22). The van der Waals surface area contributed by atoms with Gasteiger partial charge >= 0.3 is 0 Å². The minimum atomic E-state index is -0.146. The van der Waals surface area contributed by atoms with Crippen LogP contribution in [0.15, 0.2) is 28.7 Å². The number of nitrogens with one attached hydrogen (secondary N) is 3. The molecule has 22 heavy (non-hydrogen) atoms. The van der Waals surface area contributed by atoms with Crippen LogP contribution in [0.5, 0.6) is 5.75 Å². The van der Waals surface area contributed by atoms with Gasteiger partial charge < -0.3 is 10.1 Å². The number of thiocarbonyl (C=S) groups is 1. The smallest absolute Gasteiger partial charge is 0.238 e. The number of hydrogen-bond donors (Lipinski definition) is 3. The van der Waals surface area contributed by atoms with Gasteiger partial charge in [0.15, 0.2) is 5.11 Å². The van der Waals surface area contributed by atoms with Crippen LogP contribution >= 0.6 is 28.1 Å². The summed E-state index contributed by atoms with van der Waals surface area (Å²) in [7, 11) is 0. The Hall–Kier alpha value is -1.34. The Kier molecular flexibility index (Phi) is 7.61. The lowest BCUT2D eigenvalue weighted by Crippen LogP contribution is -2.52. The average Bonchev–Trinajstić information content (AvgIpc) is 2.39. The van der Waals surface area contributed by atoms with Crippen LogP contribution in [0.1, 0.15) is 33.6 Å². The zero-order valence-corrected chi connectivity index (χ0v) is 15.4. The van der Waals surface area contributed by atoms with E-state index in [9.17, 15) is 4.79 Å². The summed E-state index contributed by atoms with van der Waals surface area (Å²) in [5, 5.41) is 3.44. The molecule has 0 fully saturated rings. The van der Waals surface area contributed by atoms with Crippen LogP contribution in [0.25, 0.3) is 0 Å². The molecule has 0 saturated heterocycles. The first kappa shape index (κ1) is 18.7. The molecule has 0 aromatic heterocycles. The van der Waals surface area contributed by atoms with Gasteiger partial charge in [-0.15, -0.1) is 0 Å². The summed E-state index contributed by atoms with van der Waals surface area (Å²) in [6.07, 6.45) is 0.985. The van der Waals surface area contributed by atoms with E-state index in [2.05, 4.69) is 32.1 Å². The van der Waals surface area contributed by atoms with Crippen molar-refractivity contribution < 1.29 is 9.53 Å². The van der Waals surface area contributed by atoms with E-state index in [0.29, 0.717) is 24.6 Å².